The molecule has 2 amide bonds. The first-order valence-corrected chi connectivity index (χ1v) is 13.1. The monoisotopic (exact) mass is 562 g/mol. The molecule has 1 atom stereocenters. The van der Waals surface area contributed by atoms with Gasteiger partial charge in [-0.3, -0.25) is 14.6 Å². The number of carbonyl (C=O) groups is 2. The van der Waals surface area contributed by atoms with Crippen LogP contribution in [-0.2, 0) is 17.6 Å². The highest BCUT2D eigenvalue weighted by Crippen LogP contribution is 2.25. The summed E-state index contributed by atoms with van der Waals surface area (Å²) in [5.74, 6) is 5.36. The molecule has 39 heavy (non-hydrogen) atoms. The minimum Gasteiger partial charge on any atom is -0.375 e. The van der Waals surface area contributed by atoms with Crippen molar-refractivity contribution in [2.45, 2.75) is 18.9 Å². The average molecular weight is 563 g/mol. The zero-order valence-corrected chi connectivity index (χ0v) is 22.5. The van der Waals surface area contributed by atoms with E-state index in [4.69, 9.17) is 23.2 Å². The van der Waals surface area contributed by atoms with Crippen LogP contribution in [0.15, 0.2) is 76.9 Å². The molecule has 12 heteroatoms. The number of nitrogen functional groups attached to an aromatic ring is 1. The molecule has 6 N–H and O–H groups in total. The van der Waals surface area contributed by atoms with Gasteiger partial charge >= 0.3 is 0 Å². The van der Waals surface area contributed by atoms with E-state index >= 15 is 0 Å². The van der Waals surface area contributed by atoms with Gasteiger partial charge in [-0.05, 0) is 53.9 Å². The van der Waals surface area contributed by atoms with Crippen LogP contribution in [0.25, 0.3) is 10.2 Å². The quantitative estimate of drug-likeness (QED) is 0.0949. The number of hydrogen-bond acceptors (Lipinski definition) is 8. The van der Waals surface area contributed by atoms with E-state index in [9.17, 15) is 9.59 Å². The third kappa shape index (κ3) is 7.38. The Bertz CT molecular complexity index is 1510. The Morgan fingerprint density at radius 1 is 1.15 bits per heavy atom. The normalized spacial score (nSPS) is 11.8. The Labute approximate surface area is 234 Å². The van der Waals surface area contributed by atoms with Crippen LogP contribution in [0, 0.1) is 0 Å². The summed E-state index contributed by atoms with van der Waals surface area (Å²) in [6.45, 7) is 3.58. The fourth-order valence-corrected chi connectivity index (χ4v) is 4.96. The third-order valence-corrected chi connectivity index (χ3v) is 6.93. The van der Waals surface area contributed by atoms with E-state index in [-0.39, 0.29) is 18.4 Å². The lowest BCUT2D eigenvalue weighted by Crippen LogP contribution is -2.48. The zero-order chi connectivity index (χ0) is 27.8. The number of halogens is 1. The van der Waals surface area contributed by atoms with E-state index in [1.807, 2.05) is 30.3 Å². The molecule has 10 nitrogen and oxygen atoms in total. The van der Waals surface area contributed by atoms with E-state index in [1.54, 1.807) is 36.4 Å². The Morgan fingerprint density at radius 3 is 2.72 bits per heavy atom. The summed E-state index contributed by atoms with van der Waals surface area (Å²) < 4.78 is 0.796. The number of anilines is 2. The van der Waals surface area contributed by atoms with Crippen molar-refractivity contribution in [2.24, 2.45) is 16.0 Å². The number of thiazole rings is 1. The van der Waals surface area contributed by atoms with Crippen molar-refractivity contribution in [3.05, 3.63) is 88.4 Å². The minimum absolute atomic E-state index is 0.282. The molecule has 0 aliphatic rings. The molecule has 0 bridgehead atoms. The molecule has 0 saturated heterocycles. The first kappa shape index (κ1) is 27.7. The van der Waals surface area contributed by atoms with Crippen molar-refractivity contribution >= 4 is 68.8 Å². The number of benzene rings is 3. The fourth-order valence-electron chi connectivity index (χ4n) is 3.99. The maximum atomic E-state index is 13.3. The highest BCUT2D eigenvalue weighted by Gasteiger charge is 2.22. The van der Waals surface area contributed by atoms with Crippen LogP contribution in [-0.4, -0.2) is 42.4 Å². The summed E-state index contributed by atoms with van der Waals surface area (Å²) in [6.07, 6.45) is 2.07. The number of aromatic nitrogens is 1. The summed E-state index contributed by atoms with van der Waals surface area (Å²) in [4.78, 5) is 30.7. The van der Waals surface area contributed by atoms with Crippen molar-refractivity contribution in [3.8, 4) is 0 Å². The number of nitrogens with one attached hydrogen (secondary N) is 2. The molecule has 0 spiro atoms. The number of nitrogens with zero attached hydrogens (tertiary/aromatic N) is 4. The second-order valence-corrected chi connectivity index (χ2v) is 10.0. The molecule has 4 rings (SSSR count). The number of hydrogen-bond donors (Lipinski definition) is 4. The number of hydrazine groups is 1. The first-order chi connectivity index (χ1) is 18.8. The number of carbonyl (C=O) groups excluding carboxylic acids is 2. The third-order valence-electron chi connectivity index (χ3n) is 5.84. The van der Waals surface area contributed by atoms with E-state index in [2.05, 4.69) is 32.5 Å². The smallest absolute Gasteiger partial charge is 0.251 e. The van der Waals surface area contributed by atoms with Gasteiger partial charge in [0.15, 0.2) is 5.13 Å². The molecule has 1 aromatic heterocycles. The van der Waals surface area contributed by atoms with E-state index in [0.717, 1.165) is 21.3 Å². The Hall–Kier alpha value is -4.32. The van der Waals surface area contributed by atoms with Gasteiger partial charge in [0.1, 0.15) is 12.4 Å². The largest absolute Gasteiger partial charge is 0.375 e. The van der Waals surface area contributed by atoms with Gasteiger partial charge in [0.05, 0.1) is 15.9 Å². The van der Waals surface area contributed by atoms with Gasteiger partial charge in [-0.1, -0.05) is 53.3 Å². The highest BCUT2D eigenvalue weighted by molar-refractivity contribution is 7.22. The standard InChI is InChI=1S/C27H27ClN8O2S/c1-31-33-16-36(30)23-10-8-20(28)14-18(23)11-12-32-26(38)22(13-17-5-3-2-4-6-17)34-25(37)19-7-9-21-24(15-19)39-27(29)35-21/h2-10,14-16,22H,1,11-13,30H2,(H2,29,35)(H,32,38)(H,34,37)/b33-16-/t22-/m0/s1. The zero-order valence-electron chi connectivity index (χ0n) is 20.9. The van der Waals surface area contributed by atoms with E-state index < -0.39 is 6.04 Å². The predicted octanol–water partition coefficient (Wildman–Crippen LogP) is 3.56. The van der Waals surface area contributed by atoms with Gasteiger partial charge in [0.25, 0.3) is 5.91 Å². The molecule has 0 aliphatic heterocycles. The van der Waals surface area contributed by atoms with Gasteiger partial charge < -0.3 is 16.4 Å². The van der Waals surface area contributed by atoms with Crippen LogP contribution in [0.4, 0.5) is 10.8 Å². The lowest BCUT2D eigenvalue weighted by atomic mass is 10.0. The molecule has 0 saturated carbocycles. The van der Waals surface area contributed by atoms with Gasteiger partial charge in [-0.15, -0.1) is 5.10 Å². The number of rotatable bonds is 11. The predicted molar refractivity (Wildman–Crippen MR) is 158 cm³/mol. The van der Waals surface area contributed by atoms with Crippen LogP contribution >= 0.6 is 22.9 Å². The summed E-state index contributed by atoms with van der Waals surface area (Å²) in [6, 6.07) is 19.0. The van der Waals surface area contributed by atoms with Gasteiger partial charge in [-0.25, -0.2) is 10.8 Å². The highest BCUT2D eigenvalue weighted by atomic mass is 35.5. The van der Waals surface area contributed by atoms with Crippen molar-refractivity contribution in [3.63, 3.8) is 0 Å². The SMILES string of the molecule is C=N/N=C\N(N)c1ccc(Cl)cc1CCNC(=O)[C@H](Cc1ccccc1)NC(=O)c1ccc2nc(N)sc2c1. The molecule has 3 aromatic carbocycles. The molecule has 0 aliphatic carbocycles. The Balaban J connectivity index is 1.47. The van der Waals surface area contributed by atoms with Gasteiger partial charge in [-0.2, -0.15) is 5.10 Å². The van der Waals surface area contributed by atoms with Crippen molar-refractivity contribution in [1.82, 2.24) is 15.6 Å². The summed E-state index contributed by atoms with van der Waals surface area (Å²) >= 11 is 7.49. The van der Waals surface area contributed by atoms with Gasteiger partial charge in [0, 0.05) is 30.3 Å². The molecule has 200 valence electrons. The molecule has 4 aromatic rings. The molecule has 0 fully saturated rings. The lowest BCUT2D eigenvalue weighted by Gasteiger charge is -2.20. The van der Waals surface area contributed by atoms with Crippen LogP contribution in [0.2, 0.25) is 5.02 Å². The van der Waals surface area contributed by atoms with Crippen LogP contribution in [0.1, 0.15) is 21.5 Å². The van der Waals surface area contributed by atoms with Gasteiger partial charge in [0.2, 0.25) is 5.91 Å². The number of amides is 2. The number of nitrogens with two attached hydrogens (primary N) is 2. The van der Waals surface area contributed by atoms with Crippen molar-refractivity contribution in [2.75, 3.05) is 17.3 Å². The topological polar surface area (TPSA) is 151 Å². The van der Waals surface area contributed by atoms with Crippen LogP contribution in [0.3, 0.4) is 0 Å². The first-order valence-electron chi connectivity index (χ1n) is 11.9. The molecular formula is C27H27ClN8O2S. The Morgan fingerprint density at radius 2 is 1.95 bits per heavy atom. The summed E-state index contributed by atoms with van der Waals surface area (Å²) in [5, 5.41) is 15.2. The minimum atomic E-state index is -0.808. The summed E-state index contributed by atoms with van der Waals surface area (Å²) in [7, 11) is 0. The van der Waals surface area contributed by atoms with Crippen molar-refractivity contribution in [1.29, 1.82) is 0 Å². The second-order valence-electron chi connectivity index (χ2n) is 8.54. The summed E-state index contributed by atoms with van der Waals surface area (Å²) in [5.41, 5.74) is 9.28. The van der Waals surface area contributed by atoms with E-state index in [0.29, 0.717) is 34.2 Å². The van der Waals surface area contributed by atoms with Crippen molar-refractivity contribution < 1.29 is 9.59 Å². The molecule has 0 unspecified atom stereocenters. The Kier molecular flexibility index (Phi) is 9.21. The van der Waals surface area contributed by atoms with Crippen LogP contribution in [0.5, 0.6) is 0 Å². The fraction of sp³-hybridized carbons (Fsp3) is 0.148. The molecule has 0 radical (unpaired) electrons. The van der Waals surface area contributed by atoms with Crippen LogP contribution < -0.4 is 27.2 Å². The number of fused-ring (bicyclic) bond motifs is 1. The lowest BCUT2D eigenvalue weighted by molar-refractivity contribution is -0.122. The average Bonchev–Trinajstić information content (AvgIpc) is 3.31. The molecule has 1 heterocycles. The second kappa shape index (κ2) is 13.0. The maximum Gasteiger partial charge on any atom is 0.251 e. The maximum absolute atomic E-state index is 13.3. The molecular weight excluding hydrogens is 536 g/mol. The van der Waals surface area contributed by atoms with E-state index in [1.165, 1.54) is 22.7 Å².